The Morgan fingerprint density at radius 2 is 1.79 bits per heavy atom. The van der Waals surface area contributed by atoms with Crippen LogP contribution in [0.15, 0.2) is 79.5 Å². The number of carbonyl (C=O) groups is 1. The molecule has 4 nitrogen and oxygen atoms in total. The van der Waals surface area contributed by atoms with Crippen molar-refractivity contribution in [2.45, 2.75) is 18.1 Å². The van der Waals surface area contributed by atoms with Gasteiger partial charge in [-0.3, -0.25) is 4.98 Å². The summed E-state index contributed by atoms with van der Waals surface area (Å²) in [5.74, 6) is -1.12. The predicted octanol–water partition coefficient (Wildman–Crippen LogP) is 6.29. The number of amides is 1. The standard InChI is InChI=1S/C24H19ClF4N2O2/c1-2-10-33-22(32)31-23(14-16-6-4-3-5-7-16,21-9-8-19(25)15-30-21)17-11-18(24(27,28)29)13-20(26)12-17/h2-9,11-13,15H,1,10,14H2,(H,31,32)/t23-/m0/s1. The molecular weight excluding hydrogens is 460 g/mol. The summed E-state index contributed by atoms with van der Waals surface area (Å²) >= 11 is 5.96. The first kappa shape index (κ1) is 24.3. The van der Waals surface area contributed by atoms with Gasteiger partial charge in [0.15, 0.2) is 0 Å². The van der Waals surface area contributed by atoms with Crippen molar-refractivity contribution in [1.29, 1.82) is 0 Å². The SMILES string of the molecule is C=CCOC(=O)N[C@@](Cc1ccccc1)(c1cc(F)cc(C(F)(F)F)c1)c1ccc(Cl)cn1. The highest BCUT2D eigenvalue weighted by Crippen LogP contribution is 2.38. The van der Waals surface area contributed by atoms with Crippen LogP contribution in [0.1, 0.15) is 22.4 Å². The molecule has 0 bridgehead atoms. The van der Waals surface area contributed by atoms with Gasteiger partial charge in [0.2, 0.25) is 0 Å². The average molecular weight is 479 g/mol. The molecule has 0 fully saturated rings. The van der Waals surface area contributed by atoms with E-state index in [4.69, 9.17) is 16.3 Å². The molecule has 0 radical (unpaired) electrons. The molecule has 0 spiro atoms. The zero-order valence-electron chi connectivity index (χ0n) is 17.2. The van der Waals surface area contributed by atoms with E-state index in [1.165, 1.54) is 24.4 Å². The second kappa shape index (κ2) is 10.0. The average Bonchev–Trinajstić information content (AvgIpc) is 2.77. The van der Waals surface area contributed by atoms with Crippen molar-refractivity contribution in [2.24, 2.45) is 0 Å². The third-order valence-electron chi connectivity index (χ3n) is 4.84. The van der Waals surface area contributed by atoms with Crippen LogP contribution in [0.3, 0.4) is 0 Å². The highest BCUT2D eigenvalue weighted by molar-refractivity contribution is 6.30. The summed E-state index contributed by atoms with van der Waals surface area (Å²) in [5.41, 5.74) is -2.29. The van der Waals surface area contributed by atoms with Gasteiger partial charge < -0.3 is 10.1 Å². The van der Waals surface area contributed by atoms with Crippen LogP contribution < -0.4 is 5.32 Å². The summed E-state index contributed by atoms with van der Waals surface area (Å²) in [6.45, 7) is 3.33. The number of rotatable bonds is 7. The van der Waals surface area contributed by atoms with Crippen LogP contribution in [-0.4, -0.2) is 17.7 Å². The maximum absolute atomic E-state index is 14.4. The molecule has 1 amide bonds. The minimum Gasteiger partial charge on any atom is -0.445 e. The van der Waals surface area contributed by atoms with Gasteiger partial charge in [-0.25, -0.2) is 9.18 Å². The Bertz CT molecular complexity index is 1120. The van der Waals surface area contributed by atoms with Gasteiger partial charge in [-0.15, -0.1) is 0 Å². The van der Waals surface area contributed by atoms with E-state index >= 15 is 0 Å². The Balaban J connectivity index is 2.28. The van der Waals surface area contributed by atoms with E-state index in [-0.39, 0.29) is 29.3 Å². The van der Waals surface area contributed by atoms with Crippen molar-refractivity contribution < 1.29 is 27.1 Å². The second-order valence-electron chi connectivity index (χ2n) is 7.17. The van der Waals surface area contributed by atoms with Gasteiger partial charge in [-0.1, -0.05) is 54.6 Å². The molecule has 0 aliphatic carbocycles. The van der Waals surface area contributed by atoms with Crippen LogP contribution in [-0.2, 0) is 22.9 Å². The van der Waals surface area contributed by atoms with Crippen LogP contribution in [0, 0.1) is 5.82 Å². The zero-order chi connectivity index (χ0) is 24.1. The van der Waals surface area contributed by atoms with E-state index in [1.54, 1.807) is 30.3 Å². The number of halogens is 5. The normalized spacial score (nSPS) is 13.1. The van der Waals surface area contributed by atoms with E-state index in [1.807, 2.05) is 0 Å². The van der Waals surface area contributed by atoms with Crippen molar-refractivity contribution >= 4 is 17.7 Å². The van der Waals surface area contributed by atoms with Gasteiger partial charge >= 0.3 is 12.3 Å². The van der Waals surface area contributed by atoms with Crippen LogP contribution in [0.5, 0.6) is 0 Å². The Labute approximate surface area is 192 Å². The molecule has 1 aromatic heterocycles. The Morgan fingerprint density at radius 3 is 2.39 bits per heavy atom. The van der Waals surface area contributed by atoms with E-state index < -0.39 is 29.2 Å². The quantitative estimate of drug-likeness (QED) is 0.320. The van der Waals surface area contributed by atoms with Gasteiger partial charge in [-0.05, 0) is 41.5 Å². The lowest BCUT2D eigenvalue weighted by molar-refractivity contribution is -0.137. The van der Waals surface area contributed by atoms with E-state index in [0.717, 1.165) is 12.1 Å². The summed E-state index contributed by atoms with van der Waals surface area (Å²) in [7, 11) is 0. The van der Waals surface area contributed by atoms with Gasteiger partial charge in [-0.2, -0.15) is 13.2 Å². The molecule has 33 heavy (non-hydrogen) atoms. The molecule has 3 aromatic rings. The Kier molecular flexibility index (Phi) is 7.38. The Hall–Kier alpha value is -3.39. The summed E-state index contributed by atoms with van der Waals surface area (Å²) < 4.78 is 60.1. The van der Waals surface area contributed by atoms with Gasteiger partial charge in [0, 0.05) is 12.6 Å². The van der Waals surface area contributed by atoms with Crippen molar-refractivity contribution in [3.05, 3.63) is 113 Å². The van der Waals surface area contributed by atoms with Gasteiger partial charge in [0.1, 0.15) is 18.0 Å². The molecule has 0 unspecified atom stereocenters. The fourth-order valence-corrected chi connectivity index (χ4v) is 3.51. The van der Waals surface area contributed by atoms with Gasteiger partial charge in [0.25, 0.3) is 0 Å². The highest BCUT2D eigenvalue weighted by Gasteiger charge is 2.41. The van der Waals surface area contributed by atoms with Crippen LogP contribution >= 0.6 is 11.6 Å². The number of carbonyl (C=O) groups excluding carboxylic acids is 1. The van der Waals surface area contributed by atoms with Crippen LogP contribution in [0.25, 0.3) is 0 Å². The summed E-state index contributed by atoms with van der Waals surface area (Å²) in [6.07, 6.45) is -3.18. The molecule has 0 saturated carbocycles. The van der Waals surface area contributed by atoms with Gasteiger partial charge in [0.05, 0.1) is 16.3 Å². The Morgan fingerprint density at radius 1 is 1.09 bits per heavy atom. The number of pyridine rings is 1. The molecule has 9 heteroatoms. The van der Waals surface area contributed by atoms with Crippen molar-refractivity contribution in [2.75, 3.05) is 6.61 Å². The third-order valence-corrected chi connectivity index (χ3v) is 5.07. The minimum atomic E-state index is -4.81. The number of alkyl halides is 3. The summed E-state index contributed by atoms with van der Waals surface area (Å²) in [6, 6.07) is 13.7. The number of ether oxygens (including phenoxy) is 1. The lowest BCUT2D eigenvalue weighted by Crippen LogP contribution is -2.49. The van der Waals surface area contributed by atoms with Crippen molar-refractivity contribution in [3.8, 4) is 0 Å². The molecule has 1 atom stereocenters. The van der Waals surface area contributed by atoms with Crippen LogP contribution in [0.2, 0.25) is 5.02 Å². The summed E-state index contributed by atoms with van der Waals surface area (Å²) in [4.78, 5) is 16.9. The lowest BCUT2D eigenvalue weighted by atomic mass is 9.80. The number of aromatic nitrogens is 1. The van der Waals surface area contributed by atoms with Crippen molar-refractivity contribution in [1.82, 2.24) is 10.3 Å². The molecule has 3 rings (SSSR count). The molecular formula is C24H19ClF4N2O2. The monoisotopic (exact) mass is 478 g/mol. The molecule has 0 aliphatic rings. The number of hydrogen-bond donors (Lipinski definition) is 1. The highest BCUT2D eigenvalue weighted by atomic mass is 35.5. The molecule has 0 aliphatic heterocycles. The minimum absolute atomic E-state index is 0.0492. The fourth-order valence-electron chi connectivity index (χ4n) is 3.40. The lowest BCUT2D eigenvalue weighted by Gasteiger charge is -2.35. The number of hydrogen-bond acceptors (Lipinski definition) is 3. The first-order chi connectivity index (χ1) is 15.6. The van der Waals surface area contributed by atoms with E-state index in [2.05, 4.69) is 16.9 Å². The number of nitrogens with zero attached hydrogens (tertiary/aromatic N) is 1. The smallest absolute Gasteiger partial charge is 0.416 e. The maximum Gasteiger partial charge on any atom is 0.416 e. The number of benzene rings is 2. The molecule has 172 valence electrons. The zero-order valence-corrected chi connectivity index (χ0v) is 18.0. The van der Waals surface area contributed by atoms with E-state index in [0.29, 0.717) is 11.6 Å². The number of alkyl carbamates (subject to hydrolysis) is 1. The first-order valence-electron chi connectivity index (χ1n) is 9.74. The van der Waals surface area contributed by atoms with Crippen LogP contribution in [0.4, 0.5) is 22.4 Å². The largest absolute Gasteiger partial charge is 0.445 e. The van der Waals surface area contributed by atoms with Crippen molar-refractivity contribution in [3.63, 3.8) is 0 Å². The molecule has 2 aromatic carbocycles. The topological polar surface area (TPSA) is 51.2 Å². The molecule has 0 saturated heterocycles. The molecule has 1 N–H and O–H groups in total. The van der Waals surface area contributed by atoms with E-state index in [9.17, 15) is 22.4 Å². The summed E-state index contributed by atoms with van der Waals surface area (Å²) in [5, 5.41) is 2.90. The third kappa shape index (κ3) is 5.90. The predicted molar refractivity (Wildman–Crippen MR) is 116 cm³/mol. The first-order valence-corrected chi connectivity index (χ1v) is 10.1. The second-order valence-corrected chi connectivity index (χ2v) is 7.60. The fraction of sp³-hybridized carbons (Fsp3) is 0.167. The number of nitrogens with one attached hydrogen (secondary N) is 1. The maximum atomic E-state index is 14.4. The molecule has 1 heterocycles.